The van der Waals surface area contributed by atoms with Crippen LogP contribution in [0.1, 0.15) is 31.8 Å². The average Bonchev–Trinajstić information content (AvgIpc) is 2.88. The van der Waals surface area contributed by atoms with E-state index in [1.807, 2.05) is 18.2 Å². The van der Waals surface area contributed by atoms with Gasteiger partial charge in [0, 0.05) is 42.1 Å². The number of benzene rings is 2. The summed E-state index contributed by atoms with van der Waals surface area (Å²) in [6, 6.07) is 20.3. The molecule has 0 saturated heterocycles. The zero-order valence-corrected chi connectivity index (χ0v) is 18.9. The van der Waals surface area contributed by atoms with Gasteiger partial charge in [0.2, 0.25) is 0 Å². The SMILES string of the molecule is O=C(Nc1cccc(CNC(=O)c2cccnc2SCc2ccc(F)cc2)c1)c1ccncc1. The van der Waals surface area contributed by atoms with E-state index in [1.165, 1.54) is 23.9 Å². The lowest BCUT2D eigenvalue weighted by atomic mass is 10.1. The van der Waals surface area contributed by atoms with E-state index in [0.29, 0.717) is 27.6 Å². The molecule has 4 aromatic rings. The van der Waals surface area contributed by atoms with Crippen LogP contribution < -0.4 is 10.6 Å². The van der Waals surface area contributed by atoms with Crippen LogP contribution in [0.25, 0.3) is 0 Å². The summed E-state index contributed by atoms with van der Waals surface area (Å²) in [4.78, 5) is 33.5. The minimum absolute atomic E-state index is 0.234. The van der Waals surface area contributed by atoms with E-state index < -0.39 is 0 Å². The molecule has 2 N–H and O–H groups in total. The lowest BCUT2D eigenvalue weighted by Crippen LogP contribution is -2.23. The molecule has 0 radical (unpaired) electrons. The van der Waals surface area contributed by atoms with Gasteiger partial charge in [-0.05, 0) is 59.7 Å². The molecule has 0 fully saturated rings. The molecule has 6 nitrogen and oxygen atoms in total. The lowest BCUT2D eigenvalue weighted by Gasteiger charge is -2.11. The Bertz CT molecular complexity index is 1280. The molecule has 0 aliphatic heterocycles. The van der Waals surface area contributed by atoms with Crippen LogP contribution in [0, 0.1) is 5.82 Å². The summed E-state index contributed by atoms with van der Waals surface area (Å²) in [5.74, 6) is -0.202. The first-order valence-electron chi connectivity index (χ1n) is 10.5. The topological polar surface area (TPSA) is 84.0 Å². The maximum Gasteiger partial charge on any atom is 0.255 e. The van der Waals surface area contributed by atoms with Crippen LogP contribution in [0.3, 0.4) is 0 Å². The van der Waals surface area contributed by atoms with E-state index in [4.69, 9.17) is 0 Å². The molecule has 2 aromatic heterocycles. The molecule has 0 unspecified atom stereocenters. The molecule has 34 heavy (non-hydrogen) atoms. The molecule has 2 amide bonds. The number of amides is 2. The number of nitrogens with one attached hydrogen (secondary N) is 2. The Morgan fingerprint density at radius 3 is 2.44 bits per heavy atom. The van der Waals surface area contributed by atoms with Crippen molar-refractivity contribution in [2.45, 2.75) is 17.3 Å². The van der Waals surface area contributed by atoms with Crippen LogP contribution in [0.5, 0.6) is 0 Å². The summed E-state index contributed by atoms with van der Waals surface area (Å²) < 4.78 is 13.1. The molecule has 0 aliphatic rings. The quantitative estimate of drug-likeness (QED) is 0.349. The van der Waals surface area contributed by atoms with Crippen LogP contribution in [-0.2, 0) is 12.3 Å². The van der Waals surface area contributed by atoms with Gasteiger partial charge < -0.3 is 10.6 Å². The Morgan fingerprint density at radius 2 is 1.65 bits per heavy atom. The van der Waals surface area contributed by atoms with Crippen LogP contribution in [0.4, 0.5) is 10.1 Å². The van der Waals surface area contributed by atoms with Crippen molar-refractivity contribution in [2.24, 2.45) is 0 Å². The van der Waals surface area contributed by atoms with Crippen molar-refractivity contribution in [1.82, 2.24) is 15.3 Å². The van der Waals surface area contributed by atoms with Gasteiger partial charge in [0.05, 0.1) is 5.56 Å². The molecule has 0 atom stereocenters. The summed E-state index contributed by atoms with van der Waals surface area (Å²) in [6.07, 6.45) is 4.76. The van der Waals surface area contributed by atoms with E-state index in [2.05, 4.69) is 20.6 Å². The first kappa shape index (κ1) is 23.1. The molecule has 0 saturated carbocycles. The highest BCUT2D eigenvalue weighted by Crippen LogP contribution is 2.24. The van der Waals surface area contributed by atoms with E-state index in [9.17, 15) is 14.0 Å². The smallest absolute Gasteiger partial charge is 0.255 e. The van der Waals surface area contributed by atoms with Gasteiger partial charge in [-0.3, -0.25) is 14.6 Å². The lowest BCUT2D eigenvalue weighted by molar-refractivity contribution is 0.0946. The zero-order valence-electron chi connectivity index (χ0n) is 18.1. The number of hydrogen-bond acceptors (Lipinski definition) is 5. The third-order valence-corrected chi connectivity index (χ3v) is 5.96. The number of pyridine rings is 2. The number of thioether (sulfide) groups is 1. The molecular formula is C26H21FN4O2S. The van der Waals surface area contributed by atoms with E-state index in [1.54, 1.807) is 61.1 Å². The van der Waals surface area contributed by atoms with Crippen LogP contribution in [0.15, 0.2) is 96.4 Å². The number of carbonyl (C=O) groups excluding carboxylic acids is 2. The summed E-state index contributed by atoms with van der Waals surface area (Å²) in [5.41, 5.74) is 3.39. The van der Waals surface area contributed by atoms with Crippen molar-refractivity contribution < 1.29 is 14.0 Å². The van der Waals surface area contributed by atoms with Gasteiger partial charge in [0.1, 0.15) is 10.8 Å². The maximum atomic E-state index is 13.1. The monoisotopic (exact) mass is 472 g/mol. The number of halogens is 1. The number of aromatic nitrogens is 2. The Hall–Kier alpha value is -4.04. The third-order valence-electron chi connectivity index (χ3n) is 4.89. The van der Waals surface area contributed by atoms with Crippen molar-refractivity contribution in [3.05, 3.63) is 119 Å². The molecule has 0 bridgehead atoms. The second-order valence-electron chi connectivity index (χ2n) is 7.34. The van der Waals surface area contributed by atoms with Gasteiger partial charge in [-0.1, -0.05) is 24.3 Å². The highest BCUT2D eigenvalue weighted by Gasteiger charge is 2.13. The van der Waals surface area contributed by atoms with E-state index in [0.717, 1.165) is 11.1 Å². The Labute approximate surface area is 200 Å². The molecule has 0 aliphatic carbocycles. The summed E-state index contributed by atoms with van der Waals surface area (Å²) >= 11 is 1.42. The fourth-order valence-electron chi connectivity index (χ4n) is 3.15. The Balaban J connectivity index is 1.37. The fourth-order valence-corrected chi connectivity index (χ4v) is 4.10. The number of hydrogen-bond donors (Lipinski definition) is 2. The van der Waals surface area contributed by atoms with Crippen LogP contribution in [-0.4, -0.2) is 21.8 Å². The minimum Gasteiger partial charge on any atom is -0.348 e. The van der Waals surface area contributed by atoms with Crippen molar-refractivity contribution in [2.75, 3.05) is 5.32 Å². The van der Waals surface area contributed by atoms with Gasteiger partial charge in [-0.15, -0.1) is 11.8 Å². The van der Waals surface area contributed by atoms with Crippen molar-refractivity contribution in [1.29, 1.82) is 0 Å². The second-order valence-corrected chi connectivity index (χ2v) is 8.31. The minimum atomic E-state index is -0.285. The molecule has 0 spiro atoms. The standard InChI is InChI=1S/C26H21FN4O2S/c27-21-8-6-18(7-9-21)17-34-26-23(5-2-12-29-26)25(33)30-16-19-3-1-4-22(15-19)31-24(32)20-10-13-28-14-11-20/h1-15H,16-17H2,(H,30,33)(H,31,32). The summed E-state index contributed by atoms with van der Waals surface area (Å²) in [6.45, 7) is 0.286. The van der Waals surface area contributed by atoms with Gasteiger partial charge in [0.15, 0.2) is 0 Å². The van der Waals surface area contributed by atoms with Crippen molar-refractivity contribution >= 4 is 29.3 Å². The summed E-state index contributed by atoms with van der Waals surface area (Å²) in [5, 5.41) is 6.36. The fraction of sp³-hybridized carbons (Fsp3) is 0.0769. The van der Waals surface area contributed by atoms with Gasteiger partial charge >= 0.3 is 0 Å². The highest BCUT2D eigenvalue weighted by molar-refractivity contribution is 7.98. The Kier molecular flexibility index (Phi) is 7.62. The molecule has 2 heterocycles. The number of nitrogens with zero attached hydrogens (tertiary/aromatic N) is 2. The van der Waals surface area contributed by atoms with E-state index in [-0.39, 0.29) is 24.2 Å². The molecule has 2 aromatic carbocycles. The molecular weight excluding hydrogens is 451 g/mol. The predicted molar refractivity (Wildman–Crippen MR) is 130 cm³/mol. The van der Waals surface area contributed by atoms with E-state index >= 15 is 0 Å². The normalized spacial score (nSPS) is 10.5. The summed E-state index contributed by atoms with van der Waals surface area (Å²) in [7, 11) is 0. The first-order valence-corrected chi connectivity index (χ1v) is 11.5. The zero-order chi connectivity index (χ0) is 23.8. The Morgan fingerprint density at radius 1 is 0.853 bits per heavy atom. The van der Waals surface area contributed by atoms with Crippen LogP contribution in [0.2, 0.25) is 0 Å². The molecule has 170 valence electrons. The van der Waals surface area contributed by atoms with Gasteiger partial charge in [-0.2, -0.15) is 0 Å². The predicted octanol–water partition coefficient (Wildman–Crippen LogP) is 5.09. The first-order chi connectivity index (χ1) is 16.6. The average molecular weight is 473 g/mol. The van der Waals surface area contributed by atoms with Crippen molar-refractivity contribution in [3.63, 3.8) is 0 Å². The van der Waals surface area contributed by atoms with Crippen LogP contribution >= 0.6 is 11.8 Å². The maximum absolute atomic E-state index is 13.1. The third kappa shape index (κ3) is 6.26. The number of carbonyl (C=O) groups is 2. The largest absolute Gasteiger partial charge is 0.348 e. The highest BCUT2D eigenvalue weighted by atomic mass is 32.2. The van der Waals surface area contributed by atoms with Gasteiger partial charge in [-0.25, -0.2) is 9.37 Å². The molecule has 8 heteroatoms. The van der Waals surface area contributed by atoms with Crippen molar-refractivity contribution in [3.8, 4) is 0 Å². The molecule has 4 rings (SSSR count). The second kappa shape index (κ2) is 11.2. The van der Waals surface area contributed by atoms with Gasteiger partial charge in [0.25, 0.3) is 11.8 Å². The number of anilines is 1. The number of rotatable bonds is 8.